The quantitative estimate of drug-likeness (QED) is 0.254. The molecule has 38 heavy (non-hydrogen) atoms. The monoisotopic (exact) mass is 534 g/mol. The summed E-state index contributed by atoms with van der Waals surface area (Å²) in [6.07, 6.45) is -0.251. The maximum atomic E-state index is 12.8. The van der Waals surface area contributed by atoms with Gasteiger partial charge in [0, 0.05) is 23.6 Å². The number of nitrogens with zero attached hydrogens (tertiary/aromatic N) is 2. The summed E-state index contributed by atoms with van der Waals surface area (Å²) in [6, 6.07) is 21.7. The number of hydrogen-bond donors (Lipinski definition) is 1. The average Bonchev–Trinajstić information content (AvgIpc) is 3.24. The lowest BCUT2D eigenvalue weighted by Gasteiger charge is -2.20. The minimum absolute atomic E-state index is 0.0186. The van der Waals surface area contributed by atoms with Gasteiger partial charge in [-0.1, -0.05) is 41.9 Å². The number of halogens is 1. The van der Waals surface area contributed by atoms with Crippen molar-refractivity contribution in [3.05, 3.63) is 100 Å². The lowest BCUT2D eigenvalue weighted by molar-refractivity contribution is -0.138. The second-order valence-electron chi connectivity index (χ2n) is 8.72. The molecule has 0 aliphatic rings. The molecule has 1 aromatic heterocycles. The molecule has 8 nitrogen and oxygen atoms in total. The summed E-state index contributed by atoms with van der Waals surface area (Å²) in [7, 11) is 0. The van der Waals surface area contributed by atoms with Crippen molar-refractivity contribution in [1.82, 2.24) is 9.88 Å². The SMILES string of the molecule is Cc1cc(Cl)cc(OC(=O)N(CC(=O)O)Cc2cccc(OCCc3nc(-c4ccccc4)oc3C)c2)c1. The van der Waals surface area contributed by atoms with E-state index in [9.17, 15) is 14.7 Å². The van der Waals surface area contributed by atoms with Gasteiger partial charge in [-0.15, -0.1) is 0 Å². The first-order chi connectivity index (χ1) is 18.3. The maximum Gasteiger partial charge on any atom is 0.416 e. The van der Waals surface area contributed by atoms with Gasteiger partial charge < -0.3 is 19.0 Å². The third-order valence-electron chi connectivity index (χ3n) is 5.60. The minimum atomic E-state index is -1.16. The molecule has 0 atom stereocenters. The first kappa shape index (κ1) is 26.8. The number of ether oxygens (including phenoxy) is 2. The summed E-state index contributed by atoms with van der Waals surface area (Å²) in [5.74, 6) is 0.971. The molecular weight excluding hydrogens is 508 g/mol. The highest BCUT2D eigenvalue weighted by atomic mass is 35.5. The number of carboxylic acids is 1. The number of aliphatic carboxylic acids is 1. The van der Waals surface area contributed by atoms with Gasteiger partial charge in [0.25, 0.3) is 0 Å². The van der Waals surface area contributed by atoms with Crippen molar-refractivity contribution in [3.8, 4) is 23.0 Å². The fourth-order valence-corrected chi connectivity index (χ4v) is 4.14. The number of oxazole rings is 1. The molecule has 1 amide bonds. The molecule has 0 spiro atoms. The number of amides is 1. The Morgan fingerprint density at radius 3 is 2.53 bits per heavy atom. The van der Waals surface area contributed by atoms with Crippen LogP contribution in [0.4, 0.5) is 4.79 Å². The van der Waals surface area contributed by atoms with E-state index in [1.165, 1.54) is 6.07 Å². The largest absolute Gasteiger partial charge is 0.493 e. The van der Waals surface area contributed by atoms with Gasteiger partial charge in [-0.25, -0.2) is 9.78 Å². The van der Waals surface area contributed by atoms with Crippen LogP contribution in [0.3, 0.4) is 0 Å². The molecule has 9 heteroatoms. The molecule has 4 rings (SSSR count). The Labute approximate surface area is 225 Å². The van der Waals surface area contributed by atoms with E-state index in [2.05, 4.69) is 4.98 Å². The zero-order valence-electron chi connectivity index (χ0n) is 21.0. The molecule has 4 aromatic rings. The number of carbonyl (C=O) groups is 2. The maximum absolute atomic E-state index is 12.8. The number of aryl methyl sites for hydroxylation is 2. The standard InChI is InChI=1S/C29H27ClN2O6/c1-19-13-23(30)16-25(14-19)38-29(35)32(18-27(33)34)17-21-7-6-10-24(15-21)36-12-11-26-20(2)37-28(31-26)22-8-4-3-5-9-22/h3-10,13-16H,11-12,17-18H2,1-2H3,(H,33,34). The van der Waals surface area contributed by atoms with Crippen LogP contribution in [-0.2, 0) is 17.8 Å². The summed E-state index contributed by atoms with van der Waals surface area (Å²) < 4.78 is 17.1. The molecule has 0 bridgehead atoms. The van der Waals surface area contributed by atoms with Gasteiger partial charge in [0.2, 0.25) is 5.89 Å². The lowest BCUT2D eigenvalue weighted by atomic mass is 10.2. The van der Waals surface area contributed by atoms with Gasteiger partial charge >= 0.3 is 12.1 Å². The predicted octanol–water partition coefficient (Wildman–Crippen LogP) is 6.32. The minimum Gasteiger partial charge on any atom is -0.493 e. The van der Waals surface area contributed by atoms with Crippen LogP contribution in [0.2, 0.25) is 5.02 Å². The number of rotatable bonds is 10. The average molecular weight is 535 g/mol. The van der Waals surface area contributed by atoms with E-state index < -0.39 is 18.6 Å². The Bertz CT molecular complexity index is 1400. The number of carboxylic acid groups (broad SMARTS) is 1. The van der Waals surface area contributed by atoms with E-state index in [0.29, 0.717) is 35.3 Å². The van der Waals surface area contributed by atoms with Gasteiger partial charge in [0.15, 0.2) is 0 Å². The molecule has 1 N–H and O–H groups in total. The van der Waals surface area contributed by atoms with Gasteiger partial charge in [-0.05, 0) is 67.4 Å². The van der Waals surface area contributed by atoms with Crippen LogP contribution in [0.15, 0.2) is 77.2 Å². The van der Waals surface area contributed by atoms with Gasteiger partial charge in [0.05, 0.1) is 12.3 Å². The number of carbonyl (C=O) groups excluding carboxylic acids is 1. The van der Waals surface area contributed by atoms with Gasteiger partial charge in [-0.2, -0.15) is 0 Å². The summed E-state index contributed by atoms with van der Waals surface area (Å²) >= 11 is 6.04. The molecule has 0 saturated heterocycles. The van der Waals surface area contributed by atoms with Gasteiger partial charge in [-0.3, -0.25) is 9.69 Å². The molecular formula is C29H27ClN2O6. The zero-order valence-corrected chi connectivity index (χ0v) is 21.8. The van der Waals surface area contributed by atoms with E-state index in [1.807, 2.05) is 44.2 Å². The summed E-state index contributed by atoms with van der Waals surface area (Å²) in [4.78, 5) is 29.9. The number of benzene rings is 3. The summed E-state index contributed by atoms with van der Waals surface area (Å²) in [6.45, 7) is 3.54. The first-order valence-electron chi connectivity index (χ1n) is 12.0. The highest BCUT2D eigenvalue weighted by Crippen LogP contribution is 2.23. The van der Waals surface area contributed by atoms with Crippen LogP contribution in [0.5, 0.6) is 11.5 Å². The topological polar surface area (TPSA) is 102 Å². The van der Waals surface area contributed by atoms with Gasteiger partial charge in [0.1, 0.15) is 23.8 Å². The zero-order chi connectivity index (χ0) is 27.1. The molecule has 0 aliphatic carbocycles. The van der Waals surface area contributed by atoms with Crippen LogP contribution in [-0.4, -0.2) is 40.2 Å². The van der Waals surface area contributed by atoms with E-state index in [4.69, 9.17) is 25.5 Å². The molecule has 0 unspecified atom stereocenters. The second kappa shape index (κ2) is 12.3. The molecule has 3 aromatic carbocycles. The van der Waals surface area contributed by atoms with Crippen molar-refractivity contribution in [2.24, 2.45) is 0 Å². The van der Waals surface area contributed by atoms with Crippen LogP contribution in [0, 0.1) is 13.8 Å². The van der Waals surface area contributed by atoms with E-state index >= 15 is 0 Å². The third kappa shape index (κ3) is 7.36. The van der Waals surface area contributed by atoms with Crippen molar-refractivity contribution >= 4 is 23.7 Å². The van der Waals surface area contributed by atoms with Crippen LogP contribution in [0.1, 0.15) is 22.6 Å². The number of hydrogen-bond acceptors (Lipinski definition) is 6. The first-order valence-corrected chi connectivity index (χ1v) is 12.3. The van der Waals surface area contributed by atoms with E-state index in [1.54, 1.807) is 36.4 Å². The fourth-order valence-electron chi connectivity index (χ4n) is 3.86. The second-order valence-corrected chi connectivity index (χ2v) is 9.15. The smallest absolute Gasteiger partial charge is 0.416 e. The van der Waals surface area contributed by atoms with Crippen molar-refractivity contribution < 1.29 is 28.6 Å². The Kier molecular flexibility index (Phi) is 8.66. The molecule has 0 saturated carbocycles. The van der Waals surface area contributed by atoms with Crippen molar-refractivity contribution in [2.45, 2.75) is 26.8 Å². The highest BCUT2D eigenvalue weighted by molar-refractivity contribution is 6.30. The molecule has 0 fully saturated rings. The Balaban J connectivity index is 1.38. The molecule has 196 valence electrons. The molecule has 0 aliphatic heterocycles. The fraction of sp³-hybridized carbons (Fsp3) is 0.207. The predicted molar refractivity (Wildman–Crippen MR) is 143 cm³/mol. The van der Waals surface area contributed by atoms with Crippen LogP contribution in [0.25, 0.3) is 11.5 Å². The number of aromatic nitrogens is 1. The lowest BCUT2D eigenvalue weighted by Crippen LogP contribution is -2.37. The summed E-state index contributed by atoms with van der Waals surface area (Å²) in [5, 5.41) is 9.75. The molecule has 0 radical (unpaired) electrons. The Morgan fingerprint density at radius 1 is 1.00 bits per heavy atom. The van der Waals surface area contributed by atoms with Crippen molar-refractivity contribution in [3.63, 3.8) is 0 Å². The van der Waals surface area contributed by atoms with E-state index in [0.717, 1.165) is 27.5 Å². The summed E-state index contributed by atoms with van der Waals surface area (Å²) in [5.41, 5.74) is 3.22. The Morgan fingerprint density at radius 2 is 1.79 bits per heavy atom. The third-order valence-corrected chi connectivity index (χ3v) is 5.82. The van der Waals surface area contributed by atoms with Crippen LogP contribution < -0.4 is 9.47 Å². The normalized spacial score (nSPS) is 10.7. The highest BCUT2D eigenvalue weighted by Gasteiger charge is 2.20. The van der Waals surface area contributed by atoms with Crippen LogP contribution >= 0.6 is 11.6 Å². The van der Waals surface area contributed by atoms with E-state index in [-0.39, 0.29) is 12.3 Å². The molecule has 1 heterocycles. The van der Waals surface area contributed by atoms with Crippen molar-refractivity contribution in [2.75, 3.05) is 13.2 Å². The Hall–Kier alpha value is -4.30. The van der Waals surface area contributed by atoms with Crippen molar-refractivity contribution in [1.29, 1.82) is 0 Å².